The number of halogens is 3. The molecule has 1 aliphatic rings. The van der Waals surface area contributed by atoms with Crippen LogP contribution in [0.3, 0.4) is 0 Å². The number of hydrogen-bond donors (Lipinski definition) is 1. The lowest BCUT2D eigenvalue weighted by Gasteiger charge is -2.32. The molecule has 1 fully saturated rings. The first kappa shape index (κ1) is 21.7. The number of amides is 1. The summed E-state index contributed by atoms with van der Waals surface area (Å²) in [6.07, 6.45) is 0.563. The van der Waals surface area contributed by atoms with Crippen LogP contribution in [0.25, 0.3) is 0 Å². The van der Waals surface area contributed by atoms with Crippen LogP contribution in [0.5, 0.6) is 5.75 Å². The van der Waals surface area contributed by atoms with Gasteiger partial charge in [-0.2, -0.15) is 8.78 Å². The van der Waals surface area contributed by atoms with Gasteiger partial charge in [-0.3, -0.25) is 9.69 Å². The summed E-state index contributed by atoms with van der Waals surface area (Å²) in [7, 11) is 0. The minimum Gasteiger partial charge on any atom is -0.435 e. The van der Waals surface area contributed by atoms with E-state index in [2.05, 4.69) is 30.9 Å². The van der Waals surface area contributed by atoms with Crippen molar-refractivity contribution in [3.05, 3.63) is 64.1 Å². The van der Waals surface area contributed by atoms with Crippen LogP contribution in [0.15, 0.2) is 53.0 Å². The molecule has 1 saturated heterocycles. The lowest BCUT2D eigenvalue weighted by atomic mass is 10.1. The normalized spacial score (nSPS) is 17.3. The Labute approximate surface area is 177 Å². The maximum absolute atomic E-state index is 12.3. The van der Waals surface area contributed by atoms with E-state index in [1.165, 1.54) is 12.1 Å². The van der Waals surface area contributed by atoms with Gasteiger partial charge in [-0.25, -0.2) is 0 Å². The quantitative estimate of drug-likeness (QED) is 0.640. The molecule has 2 aromatic rings. The van der Waals surface area contributed by atoms with E-state index in [9.17, 15) is 13.6 Å². The molecule has 0 saturated carbocycles. The molecule has 0 aromatic heterocycles. The molecule has 2 aromatic carbocycles. The summed E-state index contributed by atoms with van der Waals surface area (Å²) in [6.45, 7) is -0.0814. The van der Waals surface area contributed by atoms with E-state index in [1.807, 2.05) is 24.3 Å². The van der Waals surface area contributed by atoms with Gasteiger partial charge in [-0.15, -0.1) is 0 Å². The van der Waals surface area contributed by atoms with Crippen molar-refractivity contribution in [2.24, 2.45) is 0 Å². The molecule has 1 heterocycles. The number of morpholine rings is 1. The van der Waals surface area contributed by atoms with E-state index in [-0.39, 0.29) is 17.8 Å². The van der Waals surface area contributed by atoms with Gasteiger partial charge in [0, 0.05) is 24.1 Å². The van der Waals surface area contributed by atoms with E-state index in [4.69, 9.17) is 4.74 Å². The molecule has 8 heteroatoms. The molecule has 1 atom stereocenters. The van der Waals surface area contributed by atoms with Gasteiger partial charge in [0.2, 0.25) is 5.91 Å². The van der Waals surface area contributed by atoms with Gasteiger partial charge in [-0.1, -0.05) is 40.2 Å². The molecule has 0 bridgehead atoms. The smallest absolute Gasteiger partial charge is 0.387 e. The number of ether oxygens (including phenoxy) is 2. The monoisotopic (exact) mass is 468 g/mol. The first-order chi connectivity index (χ1) is 14.0. The summed E-state index contributed by atoms with van der Waals surface area (Å²) in [5.41, 5.74) is 2.02. The summed E-state index contributed by atoms with van der Waals surface area (Å²) in [5.74, 6) is 0.0812. The molecule has 29 heavy (non-hydrogen) atoms. The van der Waals surface area contributed by atoms with Crippen molar-refractivity contribution in [3.8, 4) is 5.75 Å². The molecular formula is C21H23BrF2N2O3. The van der Waals surface area contributed by atoms with Gasteiger partial charge in [0.05, 0.1) is 19.3 Å². The first-order valence-electron chi connectivity index (χ1n) is 9.39. The SMILES string of the molecule is O=C(CN1CCOC(c2cccc(Br)c2)C1)NCCc1ccc(OC(F)F)cc1. The van der Waals surface area contributed by atoms with Crippen molar-refractivity contribution in [2.75, 3.05) is 32.8 Å². The van der Waals surface area contributed by atoms with Crippen molar-refractivity contribution in [2.45, 2.75) is 19.1 Å². The van der Waals surface area contributed by atoms with Crippen molar-refractivity contribution in [1.82, 2.24) is 10.2 Å². The Bertz CT molecular complexity index is 805. The lowest BCUT2D eigenvalue weighted by molar-refractivity contribution is -0.124. The highest BCUT2D eigenvalue weighted by molar-refractivity contribution is 9.10. The van der Waals surface area contributed by atoms with Gasteiger partial charge in [0.25, 0.3) is 0 Å². The van der Waals surface area contributed by atoms with Gasteiger partial charge in [0.1, 0.15) is 5.75 Å². The Balaban J connectivity index is 1.41. The molecule has 1 unspecified atom stereocenters. The molecular weight excluding hydrogens is 446 g/mol. The molecule has 0 spiro atoms. The second-order valence-corrected chi connectivity index (χ2v) is 7.69. The summed E-state index contributed by atoms with van der Waals surface area (Å²) in [6, 6.07) is 14.4. The zero-order valence-corrected chi connectivity index (χ0v) is 17.4. The van der Waals surface area contributed by atoms with E-state index >= 15 is 0 Å². The Hall–Kier alpha value is -2.03. The predicted molar refractivity (Wildman–Crippen MR) is 109 cm³/mol. The molecule has 0 radical (unpaired) electrons. The fraction of sp³-hybridized carbons (Fsp3) is 0.381. The molecule has 156 valence electrons. The van der Waals surface area contributed by atoms with Crippen molar-refractivity contribution in [3.63, 3.8) is 0 Å². The average molecular weight is 469 g/mol. The summed E-state index contributed by atoms with van der Waals surface area (Å²) >= 11 is 3.47. The standard InChI is InChI=1S/C21H23BrF2N2O3/c22-17-3-1-2-16(12-17)19-13-26(10-11-28-19)14-20(27)25-9-8-15-4-6-18(7-5-15)29-21(23)24/h1-7,12,19,21H,8-11,13-14H2,(H,25,27). The van der Waals surface area contributed by atoms with Crippen LogP contribution < -0.4 is 10.1 Å². The third-order valence-corrected chi connectivity index (χ3v) is 5.12. The van der Waals surface area contributed by atoms with Gasteiger partial charge >= 0.3 is 6.61 Å². The fourth-order valence-corrected chi connectivity index (χ4v) is 3.61. The molecule has 3 rings (SSSR count). The first-order valence-corrected chi connectivity index (χ1v) is 10.2. The van der Waals surface area contributed by atoms with Crippen LogP contribution in [-0.4, -0.2) is 50.2 Å². The maximum Gasteiger partial charge on any atom is 0.387 e. The highest BCUT2D eigenvalue weighted by Gasteiger charge is 2.23. The molecule has 5 nitrogen and oxygen atoms in total. The molecule has 0 aliphatic carbocycles. The summed E-state index contributed by atoms with van der Waals surface area (Å²) in [5, 5.41) is 2.91. The van der Waals surface area contributed by atoms with Crippen LogP contribution in [0.2, 0.25) is 0 Å². The number of nitrogens with one attached hydrogen (secondary N) is 1. The number of alkyl halides is 2. The summed E-state index contributed by atoms with van der Waals surface area (Å²) in [4.78, 5) is 14.4. The van der Waals surface area contributed by atoms with Crippen molar-refractivity contribution < 1.29 is 23.0 Å². The van der Waals surface area contributed by atoms with Gasteiger partial charge in [-0.05, 0) is 41.8 Å². The third-order valence-electron chi connectivity index (χ3n) is 4.62. The number of rotatable bonds is 8. The Morgan fingerprint density at radius 1 is 1.28 bits per heavy atom. The number of nitrogens with zero attached hydrogens (tertiary/aromatic N) is 1. The van der Waals surface area contributed by atoms with E-state index in [0.29, 0.717) is 39.2 Å². The van der Waals surface area contributed by atoms with Gasteiger partial charge in [0.15, 0.2) is 0 Å². The summed E-state index contributed by atoms with van der Waals surface area (Å²) < 4.78 is 35.5. The van der Waals surface area contributed by atoms with Crippen LogP contribution in [-0.2, 0) is 16.0 Å². The van der Waals surface area contributed by atoms with Crippen LogP contribution in [0.1, 0.15) is 17.2 Å². The number of carbonyl (C=O) groups excluding carboxylic acids is 1. The van der Waals surface area contributed by atoms with E-state index in [0.717, 1.165) is 15.6 Å². The Kier molecular flexibility index (Phi) is 7.97. The van der Waals surface area contributed by atoms with Crippen molar-refractivity contribution >= 4 is 21.8 Å². The second-order valence-electron chi connectivity index (χ2n) is 6.77. The molecule has 1 N–H and O–H groups in total. The zero-order chi connectivity index (χ0) is 20.6. The molecule has 1 amide bonds. The van der Waals surface area contributed by atoms with Crippen LogP contribution >= 0.6 is 15.9 Å². The van der Waals surface area contributed by atoms with Gasteiger partial charge < -0.3 is 14.8 Å². The highest BCUT2D eigenvalue weighted by atomic mass is 79.9. The van der Waals surface area contributed by atoms with Crippen LogP contribution in [0.4, 0.5) is 8.78 Å². The Morgan fingerprint density at radius 3 is 2.79 bits per heavy atom. The zero-order valence-electron chi connectivity index (χ0n) is 15.8. The number of hydrogen-bond acceptors (Lipinski definition) is 4. The van der Waals surface area contributed by atoms with Crippen molar-refractivity contribution in [1.29, 1.82) is 0 Å². The third kappa shape index (κ3) is 7.06. The van der Waals surface area contributed by atoms with Crippen LogP contribution in [0, 0.1) is 0 Å². The highest BCUT2D eigenvalue weighted by Crippen LogP contribution is 2.24. The Morgan fingerprint density at radius 2 is 2.07 bits per heavy atom. The fourth-order valence-electron chi connectivity index (χ4n) is 3.20. The minimum absolute atomic E-state index is 0.0439. The molecule has 1 aliphatic heterocycles. The number of benzene rings is 2. The van der Waals surface area contributed by atoms with E-state index < -0.39 is 6.61 Å². The topological polar surface area (TPSA) is 50.8 Å². The maximum atomic E-state index is 12.3. The largest absolute Gasteiger partial charge is 0.435 e. The predicted octanol–water partition coefficient (Wildman–Crippen LogP) is 3.78. The lowest BCUT2D eigenvalue weighted by Crippen LogP contribution is -2.44. The number of carbonyl (C=O) groups is 1. The second kappa shape index (κ2) is 10.7. The van der Waals surface area contributed by atoms with E-state index in [1.54, 1.807) is 12.1 Å². The average Bonchev–Trinajstić information content (AvgIpc) is 2.69. The minimum atomic E-state index is -2.83.